The molecule has 0 bridgehead atoms. The number of nitrogens with one attached hydrogen (secondary N) is 1. The summed E-state index contributed by atoms with van der Waals surface area (Å²) in [5.74, 6) is 1.92. The lowest BCUT2D eigenvalue weighted by Crippen LogP contribution is -2.24. The molecule has 2 heteroatoms. The summed E-state index contributed by atoms with van der Waals surface area (Å²) in [4.78, 5) is 0. The molecule has 0 fully saturated rings. The third-order valence-corrected chi connectivity index (χ3v) is 3.94. The smallest absolute Gasteiger partial charge is 0.0187 e. The van der Waals surface area contributed by atoms with E-state index in [1.807, 2.05) is 11.8 Å². The zero-order valence-electron chi connectivity index (χ0n) is 11.3. The molecule has 0 saturated carbocycles. The first-order valence-electron chi connectivity index (χ1n) is 6.54. The normalized spacial score (nSPS) is 12.9. The second-order valence-electron chi connectivity index (χ2n) is 4.99. The molecule has 0 aliphatic heterocycles. The van der Waals surface area contributed by atoms with Crippen LogP contribution in [0.2, 0.25) is 0 Å². The summed E-state index contributed by atoms with van der Waals surface area (Å²) in [5, 5.41) is 4.21. The number of rotatable bonds is 8. The number of hydrogen-bond acceptors (Lipinski definition) is 2. The van der Waals surface area contributed by atoms with Crippen LogP contribution in [0.1, 0.15) is 32.8 Å². The van der Waals surface area contributed by atoms with Crippen LogP contribution in [0.4, 0.5) is 0 Å². The van der Waals surface area contributed by atoms with Gasteiger partial charge in [-0.25, -0.2) is 0 Å². The van der Waals surface area contributed by atoms with Gasteiger partial charge in [-0.3, -0.25) is 0 Å². The van der Waals surface area contributed by atoms with Crippen LogP contribution in [0.5, 0.6) is 0 Å². The van der Waals surface area contributed by atoms with Crippen molar-refractivity contribution in [2.45, 2.75) is 38.2 Å². The minimum atomic E-state index is 0.683. The van der Waals surface area contributed by atoms with Gasteiger partial charge in [0.1, 0.15) is 0 Å². The molecule has 1 atom stereocenters. The SMILES string of the molecule is CC(C)CCNCC(C)SCc1ccccc1. The minimum Gasteiger partial charge on any atom is -0.316 e. The maximum Gasteiger partial charge on any atom is 0.0187 e. The van der Waals surface area contributed by atoms with Gasteiger partial charge in [-0.1, -0.05) is 51.1 Å². The molecule has 0 aliphatic carbocycles. The van der Waals surface area contributed by atoms with Crippen molar-refractivity contribution in [2.24, 2.45) is 5.92 Å². The Bertz CT molecular complexity index is 284. The molecule has 0 spiro atoms. The summed E-state index contributed by atoms with van der Waals surface area (Å²) in [6, 6.07) is 10.7. The zero-order valence-corrected chi connectivity index (χ0v) is 12.1. The van der Waals surface area contributed by atoms with Gasteiger partial charge in [-0.05, 0) is 24.4 Å². The Hall–Kier alpha value is -0.470. The summed E-state index contributed by atoms with van der Waals surface area (Å²) < 4.78 is 0. The Balaban J connectivity index is 2.07. The molecule has 0 saturated heterocycles. The third-order valence-electron chi connectivity index (χ3n) is 2.71. The summed E-state index contributed by atoms with van der Waals surface area (Å²) in [5.41, 5.74) is 1.42. The Morgan fingerprint density at radius 3 is 2.47 bits per heavy atom. The van der Waals surface area contributed by atoms with Crippen LogP contribution in [0.25, 0.3) is 0 Å². The highest BCUT2D eigenvalue weighted by molar-refractivity contribution is 7.99. The van der Waals surface area contributed by atoms with Crippen LogP contribution in [-0.4, -0.2) is 18.3 Å². The fraction of sp³-hybridized carbons (Fsp3) is 0.600. The Morgan fingerprint density at radius 2 is 1.82 bits per heavy atom. The maximum absolute atomic E-state index is 3.53. The standard InChI is InChI=1S/C15H25NS/c1-13(2)9-10-16-11-14(3)17-12-15-7-5-4-6-8-15/h4-8,13-14,16H,9-12H2,1-3H3. The molecule has 96 valence electrons. The van der Waals surface area contributed by atoms with Crippen molar-refractivity contribution in [3.8, 4) is 0 Å². The highest BCUT2D eigenvalue weighted by Gasteiger charge is 2.02. The van der Waals surface area contributed by atoms with Crippen LogP contribution >= 0.6 is 11.8 Å². The second-order valence-corrected chi connectivity index (χ2v) is 6.42. The lowest BCUT2D eigenvalue weighted by atomic mass is 10.1. The largest absolute Gasteiger partial charge is 0.316 e. The first-order valence-corrected chi connectivity index (χ1v) is 7.59. The summed E-state index contributed by atoms with van der Waals surface area (Å²) in [7, 11) is 0. The number of benzene rings is 1. The summed E-state index contributed by atoms with van der Waals surface area (Å²) >= 11 is 2.03. The highest BCUT2D eigenvalue weighted by Crippen LogP contribution is 2.16. The van der Waals surface area contributed by atoms with E-state index in [2.05, 4.69) is 56.4 Å². The molecule has 1 aromatic rings. The van der Waals surface area contributed by atoms with Crippen molar-refractivity contribution in [3.05, 3.63) is 35.9 Å². The van der Waals surface area contributed by atoms with E-state index in [-0.39, 0.29) is 0 Å². The van der Waals surface area contributed by atoms with Crippen molar-refractivity contribution < 1.29 is 0 Å². The van der Waals surface area contributed by atoms with Crippen molar-refractivity contribution in [3.63, 3.8) is 0 Å². The van der Waals surface area contributed by atoms with Crippen molar-refractivity contribution in [1.82, 2.24) is 5.32 Å². The predicted octanol–water partition coefficient (Wildman–Crippen LogP) is 3.94. The molecule has 1 rings (SSSR count). The van der Waals surface area contributed by atoms with Gasteiger partial charge in [0.15, 0.2) is 0 Å². The number of hydrogen-bond donors (Lipinski definition) is 1. The van der Waals surface area contributed by atoms with Crippen LogP contribution in [0.15, 0.2) is 30.3 Å². The molecule has 0 radical (unpaired) electrons. The van der Waals surface area contributed by atoms with Gasteiger partial charge < -0.3 is 5.32 Å². The maximum atomic E-state index is 3.53. The third kappa shape index (κ3) is 7.45. The molecular weight excluding hydrogens is 226 g/mol. The summed E-state index contributed by atoms with van der Waals surface area (Å²) in [6.07, 6.45) is 1.27. The van der Waals surface area contributed by atoms with Gasteiger partial charge in [-0.15, -0.1) is 0 Å². The lowest BCUT2D eigenvalue weighted by molar-refractivity contribution is 0.539. The predicted molar refractivity (Wildman–Crippen MR) is 79.5 cm³/mol. The number of thioether (sulfide) groups is 1. The van der Waals surface area contributed by atoms with Gasteiger partial charge in [0, 0.05) is 17.5 Å². The van der Waals surface area contributed by atoms with Crippen molar-refractivity contribution >= 4 is 11.8 Å². The Labute approximate surface area is 110 Å². The van der Waals surface area contributed by atoms with Gasteiger partial charge in [0.05, 0.1) is 0 Å². The lowest BCUT2D eigenvalue weighted by Gasteiger charge is -2.13. The quantitative estimate of drug-likeness (QED) is 0.702. The zero-order chi connectivity index (χ0) is 12.5. The molecule has 1 nitrogen and oxygen atoms in total. The molecule has 0 heterocycles. The van der Waals surface area contributed by atoms with Gasteiger partial charge in [0.2, 0.25) is 0 Å². The van der Waals surface area contributed by atoms with E-state index in [4.69, 9.17) is 0 Å². The van der Waals surface area contributed by atoms with E-state index < -0.39 is 0 Å². The Morgan fingerprint density at radius 1 is 1.12 bits per heavy atom. The van der Waals surface area contributed by atoms with E-state index >= 15 is 0 Å². The Kier molecular flexibility index (Phi) is 7.38. The van der Waals surface area contributed by atoms with Crippen molar-refractivity contribution in [2.75, 3.05) is 13.1 Å². The van der Waals surface area contributed by atoms with Gasteiger partial charge >= 0.3 is 0 Å². The molecule has 0 amide bonds. The monoisotopic (exact) mass is 251 g/mol. The van der Waals surface area contributed by atoms with Crippen LogP contribution in [0, 0.1) is 5.92 Å². The average Bonchev–Trinajstić information content (AvgIpc) is 2.33. The molecule has 1 aromatic carbocycles. The molecule has 0 aromatic heterocycles. The van der Waals surface area contributed by atoms with E-state index in [0.717, 1.165) is 24.8 Å². The van der Waals surface area contributed by atoms with E-state index in [0.29, 0.717) is 5.25 Å². The molecule has 0 aliphatic rings. The van der Waals surface area contributed by atoms with E-state index in [9.17, 15) is 0 Å². The summed E-state index contributed by atoms with van der Waals surface area (Å²) in [6.45, 7) is 9.11. The topological polar surface area (TPSA) is 12.0 Å². The molecule has 17 heavy (non-hydrogen) atoms. The molecule has 1 unspecified atom stereocenters. The fourth-order valence-corrected chi connectivity index (χ4v) is 2.47. The van der Waals surface area contributed by atoms with Crippen molar-refractivity contribution in [1.29, 1.82) is 0 Å². The first-order chi connectivity index (χ1) is 8.18. The van der Waals surface area contributed by atoms with Crippen LogP contribution in [-0.2, 0) is 5.75 Å². The van der Waals surface area contributed by atoms with Crippen LogP contribution < -0.4 is 5.32 Å². The highest BCUT2D eigenvalue weighted by atomic mass is 32.2. The minimum absolute atomic E-state index is 0.683. The van der Waals surface area contributed by atoms with Crippen LogP contribution in [0.3, 0.4) is 0 Å². The first kappa shape index (κ1) is 14.6. The fourth-order valence-electron chi connectivity index (χ4n) is 1.57. The van der Waals surface area contributed by atoms with E-state index in [1.54, 1.807) is 0 Å². The van der Waals surface area contributed by atoms with E-state index in [1.165, 1.54) is 12.0 Å². The van der Waals surface area contributed by atoms with Gasteiger partial charge in [0.25, 0.3) is 0 Å². The molecular formula is C15H25NS. The molecule has 1 N–H and O–H groups in total. The van der Waals surface area contributed by atoms with Gasteiger partial charge in [-0.2, -0.15) is 11.8 Å². The average molecular weight is 251 g/mol. The second kappa shape index (κ2) is 8.60.